The van der Waals surface area contributed by atoms with Crippen molar-refractivity contribution in [2.75, 3.05) is 36.4 Å². The Kier molecular flexibility index (Phi) is 5.82. The summed E-state index contributed by atoms with van der Waals surface area (Å²) in [7, 11) is 0. The molecule has 7 heteroatoms. The Balaban J connectivity index is 1.53. The van der Waals surface area contributed by atoms with Crippen molar-refractivity contribution in [3.8, 4) is 0 Å². The molecule has 2 aromatic carbocycles. The van der Waals surface area contributed by atoms with Crippen LogP contribution >= 0.6 is 0 Å². The van der Waals surface area contributed by atoms with Crippen molar-refractivity contribution in [2.45, 2.75) is 25.9 Å². The largest absolute Gasteiger partial charge is 0.416 e. The number of rotatable bonds is 3. The monoisotopic (exact) mass is 391 g/mol. The van der Waals surface area contributed by atoms with Crippen molar-refractivity contribution in [1.82, 2.24) is 4.90 Å². The number of alkyl halides is 3. The van der Waals surface area contributed by atoms with Gasteiger partial charge in [-0.3, -0.25) is 0 Å². The predicted molar refractivity (Wildman–Crippen MR) is 105 cm³/mol. The zero-order chi connectivity index (χ0) is 20.3. The van der Waals surface area contributed by atoms with E-state index >= 15 is 0 Å². The summed E-state index contributed by atoms with van der Waals surface area (Å²) in [6.07, 6.45) is -4.33. The first-order valence-electron chi connectivity index (χ1n) is 9.32. The number of piperazine rings is 1. The molecule has 1 fully saturated rings. The lowest BCUT2D eigenvalue weighted by atomic mass is 10.0. The number of nitrogens with one attached hydrogen (secondary N) is 1. The molecule has 0 atom stereocenters. The van der Waals surface area contributed by atoms with E-state index in [4.69, 9.17) is 0 Å². The second-order valence-corrected chi connectivity index (χ2v) is 7.23. The van der Waals surface area contributed by atoms with E-state index < -0.39 is 11.7 Å². The maximum absolute atomic E-state index is 12.7. The van der Waals surface area contributed by atoms with Crippen LogP contribution in [0, 0.1) is 0 Å². The van der Waals surface area contributed by atoms with Crippen molar-refractivity contribution >= 4 is 17.4 Å². The fraction of sp³-hybridized carbons (Fsp3) is 0.381. The standard InChI is InChI=1S/C21H24F3N3O/c1-15(2)16-3-7-18(8-4-16)25-20(28)27-13-11-26(12-14-27)19-9-5-17(6-10-19)21(22,23)24/h3-10,15H,11-14H2,1-2H3,(H,25,28). The number of halogens is 3. The van der Waals surface area contributed by atoms with E-state index in [0.717, 1.165) is 23.5 Å². The number of urea groups is 1. The lowest BCUT2D eigenvalue weighted by Crippen LogP contribution is -2.50. The molecule has 0 bridgehead atoms. The minimum Gasteiger partial charge on any atom is -0.368 e. The zero-order valence-corrected chi connectivity index (χ0v) is 16.0. The normalized spacial score (nSPS) is 15.1. The van der Waals surface area contributed by atoms with Gasteiger partial charge in [-0.15, -0.1) is 0 Å². The second kappa shape index (κ2) is 8.12. The van der Waals surface area contributed by atoms with Crippen LogP contribution in [0.3, 0.4) is 0 Å². The van der Waals surface area contributed by atoms with Crippen molar-refractivity contribution in [1.29, 1.82) is 0 Å². The third kappa shape index (κ3) is 4.77. The average molecular weight is 391 g/mol. The maximum Gasteiger partial charge on any atom is 0.416 e. The van der Waals surface area contributed by atoms with Gasteiger partial charge in [-0.1, -0.05) is 26.0 Å². The number of anilines is 2. The zero-order valence-electron chi connectivity index (χ0n) is 16.0. The molecule has 0 saturated carbocycles. The molecule has 0 aromatic heterocycles. The first-order valence-corrected chi connectivity index (χ1v) is 9.32. The molecule has 150 valence electrons. The summed E-state index contributed by atoms with van der Waals surface area (Å²) in [5.41, 5.74) is 2.04. The summed E-state index contributed by atoms with van der Waals surface area (Å²) in [5.74, 6) is 0.433. The highest BCUT2D eigenvalue weighted by molar-refractivity contribution is 5.89. The Morgan fingerprint density at radius 2 is 1.50 bits per heavy atom. The molecule has 0 unspecified atom stereocenters. The van der Waals surface area contributed by atoms with Crippen LogP contribution in [0.5, 0.6) is 0 Å². The number of benzene rings is 2. The second-order valence-electron chi connectivity index (χ2n) is 7.23. The highest BCUT2D eigenvalue weighted by Gasteiger charge is 2.30. The van der Waals surface area contributed by atoms with Gasteiger partial charge in [0, 0.05) is 37.6 Å². The summed E-state index contributed by atoms with van der Waals surface area (Å²) in [6, 6.07) is 12.8. The van der Waals surface area contributed by atoms with E-state index in [1.54, 1.807) is 4.90 Å². The van der Waals surface area contributed by atoms with Gasteiger partial charge < -0.3 is 15.1 Å². The van der Waals surface area contributed by atoms with E-state index in [0.29, 0.717) is 32.1 Å². The van der Waals surface area contributed by atoms with Crippen molar-refractivity contribution in [3.05, 3.63) is 59.7 Å². The van der Waals surface area contributed by atoms with E-state index in [2.05, 4.69) is 19.2 Å². The van der Waals surface area contributed by atoms with Crippen LogP contribution in [0.25, 0.3) is 0 Å². The smallest absolute Gasteiger partial charge is 0.368 e. The number of hydrogen-bond acceptors (Lipinski definition) is 2. The van der Waals surface area contributed by atoms with Crippen LogP contribution in [0.2, 0.25) is 0 Å². The van der Waals surface area contributed by atoms with Gasteiger partial charge in [-0.25, -0.2) is 4.79 Å². The minimum atomic E-state index is -4.33. The molecule has 0 spiro atoms. The minimum absolute atomic E-state index is 0.163. The van der Waals surface area contributed by atoms with Gasteiger partial charge in [-0.2, -0.15) is 13.2 Å². The average Bonchev–Trinajstić information content (AvgIpc) is 2.68. The third-order valence-electron chi connectivity index (χ3n) is 4.96. The summed E-state index contributed by atoms with van der Waals surface area (Å²) in [4.78, 5) is 16.2. The fourth-order valence-electron chi connectivity index (χ4n) is 3.18. The highest BCUT2D eigenvalue weighted by Crippen LogP contribution is 2.30. The third-order valence-corrected chi connectivity index (χ3v) is 4.96. The molecular weight excluding hydrogens is 367 g/mol. The molecule has 4 nitrogen and oxygen atoms in total. The molecule has 28 heavy (non-hydrogen) atoms. The lowest BCUT2D eigenvalue weighted by Gasteiger charge is -2.36. The van der Waals surface area contributed by atoms with Gasteiger partial charge in [0.2, 0.25) is 0 Å². The lowest BCUT2D eigenvalue weighted by molar-refractivity contribution is -0.137. The van der Waals surface area contributed by atoms with Crippen molar-refractivity contribution < 1.29 is 18.0 Å². The molecule has 3 rings (SSSR count). The molecule has 1 heterocycles. The van der Waals surface area contributed by atoms with E-state index in [1.807, 2.05) is 29.2 Å². The van der Waals surface area contributed by atoms with Gasteiger partial charge in [0.25, 0.3) is 0 Å². The van der Waals surface area contributed by atoms with E-state index in [9.17, 15) is 18.0 Å². The molecule has 1 saturated heterocycles. The van der Waals surface area contributed by atoms with Gasteiger partial charge >= 0.3 is 12.2 Å². The molecule has 0 aliphatic carbocycles. The van der Waals surface area contributed by atoms with E-state index in [1.165, 1.54) is 17.7 Å². The molecule has 1 N–H and O–H groups in total. The Bertz CT molecular complexity index is 793. The Hall–Kier alpha value is -2.70. The number of carbonyl (C=O) groups excluding carboxylic acids is 1. The Morgan fingerprint density at radius 3 is 2.00 bits per heavy atom. The molecular formula is C21H24F3N3O. The first-order chi connectivity index (χ1) is 13.2. The molecule has 2 aromatic rings. The number of amides is 2. The van der Waals surface area contributed by atoms with E-state index in [-0.39, 0.29) is 6.03 Å². The number of nitrogens with zero attached hydrogens (tertiary/aromatic N) is 2. The van der Waals surface area contributed by atoms with Crippen molar-refractivity contribution in [2.24, 2.45) is 0 Å². The fourth-order valence-corrected chi connectivity index (χ4v) is 3.18. The topological polar surface area (TPSA) is 35.6 Å². The summed E-state index contributed by atoms with van der Waals surface area (Å²) in [5, 5.41) is 2.90. The van der Waals surface area contributed by atoms with Crippen LogP contribution in [-0.2, 0) is 6.18 Å². The summed E-state index contributed by atoms with van der Waals surface area (Å²) < 4.78 is 38.0. The van der Waals surface area contributed by atoms with Crippen molar-refractivity contribution in [3.63, 3.8) is 0 Å². The highest BCUT2D eigenvalue weighted by atomic mass is 19.4. The van der Waals surface area contributed by atoms with Crippen LogP contribution in [-0.4, -0.2) is 37.1 Å². The predicted octanol–water partition coefficient (Wildman–Crippen LogP) is 5.18. The van der Waals surface area contributed by atoms with Gasteiger partial charge in [0.05, 0.1) is 5.56 Å². The SMILES string of the molecule is CC(C)c1ccc(NC(=O)N2CCN(c3ccc(C(F)(F)F)cc3)CC2)cc1. The van der Waals surface area contributed by atoms with Crippen LogP contribution < -0.4 is 10.2 Å². The number of carbonyl (C=O) groups is 1. The van der Waals surface area contributed by atoms with Crippen LogP contribution in [0.15, 0.2) is 48.5 Å². The molecule has 2 amide bonds. The molecule has 1 aliphatic heterocycles. The molecule has 1 aliphatic rings. The first kappa shape index (κ1) is 20.0. The van der Waals surface area contributed by atoms with Crippen LogP contribution in [0.4, 0.5) is 29.3 Å². The van der Waals surface area contributed by atoms with Gasteiger partial charge in [0.1, 0.15) is 0 Å². The summed E-state index contributed by atoms with van der Waals surface area (Å²) >= 11 is 0. The quantitative estimate of drug-likeness (QED) is 0.782. The van der Waals surface area contributed by atoms with Gasteiger partial charge in [0.15, 0.2) is 0 Å². The Labute approximate surface area is 162 Å². The van der Waals surface area contributed by atoms with Gasteiger partial charge in [-0.05, 0) is 47.9 Å². The maximum atomic E-state index is 12.7. The Morgan fingerprint density at radius 1 is 0.929 bits per heavy atom. The molecule has 0 radical (unpaired) electrons. The summed E-state index contributed by atoms with van der Waals surface area (Å²) in [6.45, 7) is 6.40. The number of hydrogen-bond donors (Lipinski definition) is 1. The van der Waals surface area contributed by atoms with Crippen LogP contribution in [0.1, 0.15) is 30.9 Å².